The molecule has 3 heteroatoms. The molecule has 56 heavy (non-hydrogen) atoms. The molecule has 0 N–H and O–H groups in total. The van der Waals surface area contributed by atoms with Crippen LogP contribution >= 0.6 is 0 Å². The van der Waals surface area contributed by atoms with E-state index in [0.29, 0.717) is 0 Å². The molecule has 0 fully saturated rings. The molecular formula is C53H36N2O. The lowest BCUT2D eigenvalue weighted by Gasteiger charge is -2.14. The molecule has 11 rings (SSSR count). The zero-order chi connectivity index (χ0) is 37.3. The lowest BCUT2D eigenvalue weighted by molar-refractivity contribution is 0.673. The van der Waals surface area contributed by atoms with E-state index < -0.39 is 0 Å². The summed E-state index contributed by atoms with van der Waals surface area (Å²) in [5.74, 6) is 0. The van der Waals surface area contributed by atoms with Crippen LogP contribution in [0.3, 0.4) is 0 Å². The van der Waals surface area contributed by atoms with Crippen molar-refractivity contribution in [3.8, 4) is 22.5 Å². The standard InChI is InChI=1S/C53H36N2O/c1-34(25-31-41-35(2)54(39-18-7-4-8-19-39)48-23-13-11-21-43(41)48)46-33-47-44-22-12-14-24-49(44)56-53(47)50-45-32-28-38-17-9-10-20-42(38)51(45)55(52(46)50)40-29-26-37(27-30-40)36-15-5-3-6-16-36/h3-33H,1H2,2H3/b31-25-. The van der Waals surface area contributed by atoms with Crippen LogP contribution in [0.5, 0.6) is 0 Å². The SMILES string of the molecule is C=C(/C=C\c1c(C)n(-c2ccccc2)c2ccccc12)c1cc2c3ccccc3oc2c2c3ccc4ccccc4c3n(-c3ccc(-c4ccccc4)cc3)c12. The molecule has 0 unspecified atom stereocenters. The summed E-state index contributed by atoms with van der Waals surface area (Å²) in [6.07, 6.45) is 4.45. The van der Waals surface area contributed by atoms with Gasteiger partial charge >= 0.3 is 0 Å². The number of rotatable bonds is 6. The minimum absolute atomic E-state index is 0.875. The van der Waals surface area contributed by atoms with Gasteiger partial charge in [-0.3, -0.25) is 0 Å². The van der Waals surface area contributed by atoms with Gasteiger partial charge in [0.2, 0.25) is 0 Å². The van der Waals surface area contributed by atoms with Gasteiger partial charge in [-0.25, -0.2) is 0 Å². The quantitative estimate of drug-likeness (QED) is 0.157. The van der Waals surface area contributed by atoms with E-state index in [1.165, 1.54) is 44.1 Å². The van der Waals surface area contributed by atoms with Crippen molar-refractivity contribution in [3.63, 3.8) is 0 Å². The Hall–Kier alpha value is -7.36. The van der Waals surface area contributed by atoms with Crippen molar-refractivity contribution in [1.82, 2.24) is 9.13 Å². The van der Waals surface area contributed by atoms with Gasteiger partial charge in [-0.2, -0.15) is 0 Å². The lowest BCUT2D eigenvalue weighted by atomic mass is 9.97. The molecule has 0 atom stereocenters. The Morgan fingerprint density at radius 2 is 1.18 bits per heavy atom. The van der Waals surface area contributed by atoms with E-state index in [1.54, 1.807) is 0 Å². The topological polar surface area (TPSA) is 23.0 Å². The molecule has 0 saturated carbocycles. The van der Waals surface area contributed by atoms with E-state index in [2.05, 4.69) is 198 Å². The number of aromatic nitrogens is 2. The second-order valence-corrected chi connectivity index (χ2v) is 14.6. The summed E-state index contributed by atoms with van der Waals surface area (Å²) < 4.78 is 11.6. The Morgan fingerprint density at radius 1 is 0.536 bits per heavy atom. The van der Waals surface area contributed by atoms with Crippen LogP contribution in [0.4, 0.5) is 0 Å². The van der Waals surface area contributed by atoms with Gasteiger partial charge in [0.25, 0.3) is 0 Å². The smallest absolute Gasteiger partial charge is 0.145 e. The average Bonchev–Trinajstić information content (AvgIpc) is 3.90. The van der Waals surface area contributed by atoms with Crippen molar-refractivity contribution in [1.29, 1.82) is 0 Å². The second kappa shape index (κ2) is 12.6. The predicted molar refractivity (Wildman–Crippen MR) is 237 cm³/mol. The number of allylic oxidation sites excluding steroid dienone is 2. The Bertz CT molecular complexity index is 3360. The van der Waals surface area contributed by atoms with Gasteiger partial charge in [0, 0.05) is 55.1 Å². The number of hydrogen-bond donors (Lipinski definition) is 0. The summed E-state index contributed by atoms with van der Waals surface area (Å²) in [5, 5.41) is 8.01. The van der Waals surface area contributed by atoms with Crippen LogP contribution in [-0.2, 0) is 0 Å². The molecule has 0 aliphatic rings. The lowest BCUT2D eigenvalue weighted by Crippen LogP contribution is -1.97. The van der Waals surface area contributed by atoms with Gasteiger partial charge < -0.3 is 13.6 Å². The third-order valence-electron chi connectivity index (χ3n) is 11.5. The molecule has 0 spiro atoms. The van der Waals surface area contributed by atoms with Crippen LogP contribution in [0.25, 0.3) is 99.6 Å². The van der Waals surface area contributed by atoms with Crippen LogP contribution in [0.1, 0.15) is 16.8 Å². The maximum Gasteiger partial charge on any atom is 0.145 e. The Kier molecular flexibility index (Phi) is 7.23. The molecule has 11 aromatic rings. The highest BCUT2D eigenvalue weighted by Gasteiger charge is 2.24. The summed E-state index contributed by atoms with van der Waals surface area (Å²) in [7, 11) is 0. The Labute approximate surface area is 324 Å². The van der Waals surface area contributed by atoms with Crippen molar-refractivity contribution in [2.24, 2.45) is 0 Å². The van der Waals surface area contributed by atoms with Crippen molar-refractivity contribution < 1.29 is 4.42 Å². The fourth-order valence-electron chi connectivity index (χ4n) is 8.86. The highest BCUT2D eigenvalue weighted by molar-refractivity contribution is 6.29. The van der Waals surface area contributed by atoms with E-state index in [4.69, 9.17) is 11.0 Å². The third kappa shape index (κ3) is 4.84. The molecule has 3 aromatic heterocycles. The predicted octanol–water partition coefficient (Wildman–Crippen LogP) is 14.5. The van der Waals surface area contributed by atoms with Gasteiger partial charge in [-0.15, -0.1) is 0 Å². The number of para-hydroxylation sites is 3. The van der Waals surface area contributed by atoms with Gasteiger partial charge in [-0.1, -0.05) is 152 Å². The summed E-state index contributed by atoms with van der Waals surface area (Å²) >= 11 is 0. The fraction of sp³-hybridized carbons (Fsp3) is 0.0189. The van der Waals surface area contributed by atoms with Crippen LogP contribution in [0, 0.1) is 6.92 Å². The molecule has 0 aliphatic carbocycles. The minimum atomic E-state index is 0.875. The zero-order valence-corrected chi connectivity index (χ0v) is 30.9. The minimum Gasteiger partial charge on any atom is -0.455 e. The molecule has 3 heterocycles. The van der Waals surface area contributed by atoms with E-state index in [-0.39, 0.29) is 0 Å². The molecular weight excluding hydrogens is 681 g/mol. The van der Waals surface area contributed by atoms with E-state index >= 15 is 0 Å². The van der Waals surface area contributed by atoms with E-state index in [9.17, 15) is 0 Å². The molecule has 0 aliphatic heterocycles. The molecule has 0 radical (unpaired) electrons. The van der Waals surface area contributed by atoms with Crippen molar-refractivity contribution in [3.05, 3.63) is 205 Å². The summed E-state index contributed by atoms with van der Waals surface area (Å²) in [5.41, 5.74) is 14.1. The maximum atomic E-state index is 6.82. The first-order chi connectivity index (χ1) is 27.6. The first-order valence-electron chi connectivity index (χ1n) is 19.1. The highest BCUT2D eigenvalue weighted by Crippen LogP contribution is 2.46. The highest BCUT2D eigenvalue weighted by atomic mass is 16.3. The van der Waals surface area contributed by atoms with Gasteiger partial charge in [-0.05, 0) is 71.5 Å². The molecule has 0 bridgehead atoms. The third-order valence-corrected chi connectivity index (χ3v) is 11.5. The van der Waals surface area contributed by atoms with E-state index in [1.807, 2.05) is 6.07 Å². The number of fused-ring (bicyclic) bond motifs is 10. The first kappa shape index (κ1) is 32.1. The zero-order valence-electron chi connectivity index (χ0n) is 30.9. The van der Waals surface area contributed by atoms with Crippen LogP contribution in [-0.4, -0.2) is 9.13 Å². The molecule has 3 nitrogen and oxygen atoms in total. The van der Waals surface area contributed by atoms with E-state index in [0.717, 1.165) is 66.3 Å². The molecule has 264 valence electrons. The van der Waals surface area contributed by atoms with Crippen LogP contribution in [0.2, 0.25) is 0 Å². The Morgan fingerprint density at radius 3 is 1.98 bits per heavy atom. The summed E-state index contributed by atoms with van der Waals surface area (Å²) in [4.78, 5) is 0. The van der Waals surface area contributed by atoms with Gasteiger partial charge in [0.15, 0.2) is 0 Å². The van der Waals surface area contributed by atoms with Gasteiger partial charge in [0.05, 0.1) is 21.9 Å². The Balaban J connectivity index is 1.20. The molecule has 8 aromatic carbocycles. The van der Waals surface area contributed by atoms with Crippen molar-refractivity contribution >= 4 is 77.1 Å². The average molecular weight is 717 g/mol. The first-order valence-corrected chi connectivity index (χ1v) is 19.1. The number of benzene rings is 8. The number of nitrogens with zero attached hydrogens (tertiary/aromatic N) is 2. The van der Waals surface area contributed by atoms with Crippen LogP contribution in [0.15, 0.2) is 193 Å². The normalized spacial score (nSPS) is 12.0. The van der Waals surface area contributed by atoms with Crippen LogP contribution < -0.4 is 0 Å². The molecule has 0 saturated heterocycles. The largest absolute Gasteiger partial charge is 0.455 e. The maximum absolute atomic E-state index is 6.82. The second-order valence-electron chi connectivity index (χ2n) is 14.6. The number of hydrogen-bond acceptors (Lipinski definition) is 1. The van der Waals surface area contributed by atoms with Gasteiger partial charge in [0.1, 0.15) is 11.2 Å². The monoisotopic (exact) mass is 716 g/mol. The summed E-state index contributed by atoms with van der Waals surface area (Å²) in [6, 6.07) is 62.6. The summed E-state index contributed by atoms with van der Waals surface area (Å²) in [6.45, 7) is 7.03. The van der Waals surface area contributed by atoms with Crippen molar-refractivity contribution in [2.75, 3.05) is 0 Å². The fourth-order valence-corrected chi connectivity index (χ4v) is 8.86. The number of furan rings is 1. The molecule has 0 amide bonds. The van der Waals surface area contributed by atoms with Crippen molar-refractivity contribution in [2.45, 2.75) is 6.92 Å².